The Labute approximate surface area is 115 Å². The Morgan fingerprint density at radius 1 is 1.35 bits per heavy atom. The molecular formula is C13H14FN5O. The summed E-state index contributed by atoms with van der Waals surface area (Å²) in [6.45, 7) is 2.08. The van der Waals surface area contributed by atoms with Crippen LogP contribution in [0.15, 0.2) is 30.7 Å². The summed E-state index contributed by atoms with van der Waals surface area (Å²) in [5, 5.41) is 6.66. The molecule has 1 aliphatic heterocycles. The van der Waals surface area contributed by atoms with Crippen LogP contribution >= 0.6 is 0 Å². The fourth-order valence-electron chi connectivity index (χ4n) is 1.89. The normalized spacial score (nSPS) is 13.9. The summed E-state index contributed by atoms with van der Waals surface area (Å²) >= 11 is 0. The van der Waals surface area contributed by atoms with Crippen LogP contribution in [0.3, 0.4) is 0 Å². The smallest absolute Gasteiger partial charge is 0.317 e. The summed E-state index contributed by atoms with van der Waals surface area (Å²) in [7, 11) is 0. The Morgan fingerprint density at radius 2 is 2.20 bits per heavy atom. The standard InChI is InChI=1S/C13H14FN5O/c14-11-8-17-19(9-11)12-3-2-10(6-15-12)7-16-13(20)18-4-1-5-18/h2-3,6,8-9H,1,4-5,7H2,(H,16,20). The van der Waals surface area contributed by atoms with E-state index in [-0.39, 0.29) is 6.03 Å². The summed E-state index contributed by atoms with van der Waals surface area (Å²) in [5.41, 5.74) is 0.884. The van der Waals surface area contributed by atoms with Gasteiger partial charge in [-0.05, 0) is 18.1 Å². The summed E-state index contributed by atoms with van der Waals surface area (Å²) < 4.78 is 14.2. The minimum absolute atomic E-state index is 0.0468. The third kappa shape index (κ3) is 2.61. The number of likely N-dealkylation sites (tertiary alicyclic amines) is 1. The molecule has 0 aliphatic carbocycles. The number of rotatable bonds is 3. The van der Waals surface area contributed by atoms with Gasteiger partial charge >= 0.3 is 6.03 Å². The second-order valence-electron chi connectivity index (χ2n) is 4.63. The Bertz CT molecular complexity index is 605. The van der Waals surface area contributed by atoms with Crippen LogP contribution in [-0.2, 0) is 6.54 Å². The average molecular weight is 275 g/mol. The van der Waals surface area contributed by atoms with Crippen LogP contribution in [0.1, 0.15) is 12.0 Å². The maximum atomic E-state index is 12.9. The molecule has 3 rings (SSSR count). The summed E-state index contributed by atoms with van der Waals surface area (Å²) in [5.74, 6) is 0.129. The molecule has 6 nitrogen and oxygen atoms in total. The van der Waals surface area contributed by atoms with E-state index in [1.807, 2.05) is 6.07 Å². The van der Waals surface area contributed by atoms with Crippen molar-refractivity contribution >= 4 is 6.03 Å². The van der Waals surface area contributed by atoms with Gasteiger partial charge in [0.25, 0.3) is 0 Å². The molecule has 1 saturated heterocycles. The van der Waals surface area contributed by atoms with Crippen molar-refractivity contribution in [3.05, 3.63) is 42.1 Å². The highest BCUT2D eigenvalue weighted by atomic mass is 19.1. The van der Waals surface area contributed by atoms with Gasteiger partial charge in [-0.15, -0.1) is 0 Å². The lowest BCUT2D eigenvalue weighted by Gasteiger charge is -2.30. The third-order valence-electron chi connectivity index (χ3n) is 3.18. The summed E-state index contributed by atoms with van der Waals surface area (Å²) in [4.78, 5) is 17.6. The third-order valence-corrected chi connectivity index (χ3v) is 3.18. The summed E-state index contributed by atoms with van der Waals surface area (Å²) in [6, 6.07) is 3.52. The molecule has 3 heterocycles. The van der Waals surface area contributed by atoms with Crippen molar-refractivity contribution in [1.29, 1.82) is 0 Å². The largest absolute Gasteiger partial charge is 0.334 e. The first kappa shape index (κ1) is 12.6. The lowest BCUT2D eigenvalue weighted by atomic mass is 10.2. The SMILES string of the molecule is O=C(NCc1ccc(-n2cc(F)cn2)nc1)N1CCC1. The zero-order chi connectivity index (χ0) is 13.9. The molecule has 0 atom stereocenters. The number of carbonyl (C=O) groups is 1. The molecule has 20 heavy (non-hydrogen) atoms. The number of pyridine rings is 1. The first-order chi connectivity index (χ1) is 9.72. The van der Waals surface area contributed by atoms with Crippen LogP contribution < -0.4 is 5.32 Å². The Balaban J connectivity index is 1.59. The van der Waals surface area contributed by atoms with E-state index >= 15 is 0 Å². The molecule has 1 fully saturated rings. The van der Waals surface area contributed by atoms with Crippen molar-refractivity contribution in [2.75, 3.05) is 13.1 Å². The highest BCUT2D eigenvalue weighted by Crippen LogP contribution is 2.08. The molecule has 0 unspecified atom stereocenters. The average Bonchev–Trinajstić information content (AvgIpc) is 2.82. The number of urea groups is 1. The van der Waals surface area contributed by atoms with Crippen molar-refractivity contribution in [1.82, 2.24) is 25.0 Å². The van der Waals surface area contributed by atoms with Crippen LogP contribution in [0.25, 0.3) is 5.82 Å². The van der Waals surface area contributed by atoms with Crippen LogP contribution in [0.4, 0.5) is 9.18 Å². The fourth-order valence-corrected chi connectivity index (χ4v) is 1.89. The molecular weight excluding hydrogens is 261 g/mol. The fraction of sp³-hybridized carbons (Fsp3) is 0.308. The zero-order valence-corrected chi connectivity index (χ0v) is 10.8. The van der Waals surface area contributed by atoms with E-state index in [0.29, 0.717) is 12.4 Å². The minimum atomic E-state index is -0.405. The number of nitrogens with one attached hydrogen (secondary N) is 1. The van der Waals surface area contributed by atoms with Crippen molar-refractivity contribution < 1.29 is 9.18 Å². The maximum absolute atomic E-state index is 12.9. The summed E-state index contributed by atoms with van der Waals surface area (Å²) in [6.07, 6.45) is 5.10. The molecule has 0 saturated carbocycles. The van der Waals surface area contributed by atoms with Crippen molar-refractivity contribution in [2.24, 2.45) is 0 Å². The zero-order valence-electron chi connectivity index (χ0n) is 10.8. The minimum Gasteiger partial charge on any atom is -0.334 e. The van der Waals surface area contributed by atoms with E-state index in [0.717, 1.165) is 31.3 Å². The van der Waals surface area contributed by atoms with Gasteiger partial charge < -0.3 is 10.2 Å². The predicted molar refractivity (Wildman–Crippen MR) is 69.7 cm³/mol. The number of aromatic nitrogens is 3. The van der Waals surface area contributed by atoms with Gasteiger partial charge in [-0.1, -0.05) is 6.07 Å². The van der Waals surface area contributed by atoms with Crippen LogP contribution in [0.2, 0.25) is 0 Å². The Kier molecular flexibility index (Phi) is 3.32. The van der Waals surface area contributed by atoms with E-state index in [2.05, 4.69) is 15.4 Å². The first-order valence-electron chi connectivity index (χ1n) is 6.40. The van der Waals surface area contributed by atoms with Gasteiger partial charge in [0.1, 0.15) is 0 Å². The topological polar surface area (TPSA) is 63.1 Å². The van der Waals surface area contributed by atoms with Gasteiger partial charge in [-0.25, -0.2) is 18.9 Å². The number of nitrogens with zero attached hydrogens (tertiary/aromatic N) is 4. The maximum Gasteiger partial charge on any atom is 0.317 e. The van der Waals surface area contributed by atoms with Gasteiger partial charge in [-0.3, -0.25) is 0 Å². The van der Waals surface area contributed by atoms with E-state index in [1.165, 1.54) is 10.9 Å². The van der Waals surface area contributed by atoms with Crippen molar-refractivity contribution in [3.63, 3.8) is 0 Å². The van der Waals surface area contributed by atoms with E-state index < -0.39 is 5.82 Å². The Hall–Kier alpha value is -2.44. The highest BCUT2D eigenvalue weighted by Gasteiger charge is 2.19. The Morgan fingerprint density at radius 3 is 2.75 bits per heavy atom. The van der Waals surface area contributed by atoms with Gasteiger partial charge in [0.05, 0.1) is 12.4 Å². The van der Waals surface area contributed by atoms with Gasteiger partial charge in [-0.2, -0.15) is 5.10 Å². The monoisotopic (exact) mass is 275 g/mol. The molecule has 2 aromatic rings. The lowest BCUT2D eigenvalue weighted by molar-refractivity contribution is 0.167. The molecule has 0 bridgehead atoms. The van der Waals surface area contributed by atoms with Crippen molar-refractivity contribution in [2.45, 2.75) is 13.0 Å². The molecule has 0 spiro atoms. The molecule has 0 radical (unpaired) electrons. The molecule has 2 aromatic heterocycles. The molecule has 1 N–H and O–H groups in total. The van der Waals surface area contributed by atoms with E-state index in [4.69, 9.17) is 0 Å². The van der Waals surface area contributed by atoms with E-state index in [1.54, 1.807) is 17.2 Å². The molecule has 104 valence electrons. The van der Waals surface area contributed by atoms with Crippen LogP contribution in [-0.4, -0.2) is 38.8 Å². The van der Waals surface area contributed by atoms with Crippen molar-refractivity contribution in [3.8, 4) is 5.82 Å². The molecule has 1 aliphatic rings. The van der Waals surface area contributed by atoms with Gasteiger partial charge in [0, 0.05) is 25.8 Å². The molecule has 0 aromatic carbocycles. The van der Waals surface area contributed by atoms with E-state index in [9.17, 15) is 9.18 Å². The second kappa shape index (κ2) is 5.28. The van der Waals surface area contributed by atoms with Crippen LogP contribution in [0, 0.1) is 5.82 Å². The number of hydrogen-bond donors (Lipinski definition) is 1. The quantitative estimate of drug-likeness (QED) is 0.919. The second-order valence-corrected chi connectivity index (χ2v) is 4.63. The lowest BCUT2D eigenvalue weighted by Crippen LogP contribution is -2.47. The predicted octanol–water partition coefficient (Wildman–Crippen LogP) is 1.32. The number of amides is 2. The van der Waals surface area contributed by atoms with Gasteiger partial charge in [0.15, 0.2) is 11.6 Å². The number of carbonyl (C=O) groups excluding carboxylic acids is 1. The molecule has 2 amide bonds. The highest BCUT2D eigenvalue weighted by molar-refractivity contribution is 5.74. The number of halogens is 1. The van der Waals surface area contributed by atoms with Gasteiger partial charge in [0.2, 0.25) is 0 Å². The molecule has 7 heteroatoms. The first-order valence-corrected chi connectivity index (χ1v) is 6.40. The number of hydrogen-bond acceptors (Lipinski definition) is 3. The van der Waals surface area contributed by atoms with Crippen LogP contribution in [0.5, 0.6) is 0 Å².